The number of nitrogens with zero attached hydrogens (tertiary/aromatic N) is 1. The van der Waals surface area contributed by atoms with E-state index in [4.69, 9.17) is 0 Å². The Balaban J connectivity index is 1.98. The van der Waals surface area contributed by atoms with Crippen molar-refractivity contribution in [3.8, 4) is 0 Å². The molecule has 0 unspecified atom stereocenters. The largest absolute Gasteiger partial charge is 0.313 e. The summed E-state index contributed by atoms with van der Waals surface area (Å²) in [6.45, 7) is 7.95. The minimum absolute atomic E-state index is 1.12. The first-order valence-electron chi connectivity index (χ1n) is 9.25. The zero-order chi connectivity index (χ0) is 17.7. The molecule has 128 valence electrons. The lowest BCUT2D eigenvalue weighted by Gasteiger charge is -2.16. The standard InChI is InChI=1S/C24H21NS/c1-3-9-16(4-2)25-20-12-7-5-11-19(20)23-21(25)15-14-18-17-10-6-8-13-22(17)26-24(18)23/h3-4,6,8-10,13-15H,1-2,5,7,11-12H2/b16-9+. The predicted molar refractivity (Wildman–Crippen MR) is 116 cm³/mol. The molecule has 2 aromatic carbocycles. The minimum Gasteiger partial charge on any atom is -0.313 e. The molecule has 0 aliphatic heterocycles. The number of benzene rings is 2. The van der Waals surface area contributed by atoms with Crippen LogP contribution in [-0.2, 0) is 12.8 Å². The van der Waals surface area contributed by atoms with Crippen LogP contribution in [-0.4, -0.2) is 4.57 Å². The number of hydrogen-bond donors (Lipinski definition) is 0. The average Bonchev–Trinajstić information content (AvgIpc) is 3.22. The average molecular weight is 356 g/mol. The zero-order valence-corrected chi connectivity index (χ0v) is 15.6. The van der Waals surface area contributed by atoms with Crippen LogP contribution in [0.3, 0.4) is 0 Å². The van der Waals surface area contributed by atoms with Crippen molar-refractivity contribution in [3.63, 3.8) is 0 Å². The molecule has 0 spiro atoms. The van der Waals surface area contributed by atoms with Crippen LogP contribution >= 0.6 is 11.3 Å². The molecule has 26 heavy (non-hydrogen) atoms. The lowest BCUT2D eigenvalue weighted by atomic mass is 9.95. The van der Waals surface area contributed by atoms with Crippen molar-refractivity contribution in [1.29, 1.82) is 0 Å². The van der Waals surface area contributed by atoms with Gasteiger partial charge in [-0.1, -0.05) is 43.5 Å². The van der Waals surface area contributed by atoms with Crippen LogP contribution in [0, 0.1) is 0 Å². The Morgan fingerprint density at radius 1 is 1.00 bits per heavy atom. The molecule has 0 amide bonds. The molecule has 0 N–H and O–H groups in total. The number of allylic oxidation sites excluding steroid dienone is 4. The van der Waals surface area contributed by atoms with Gasteiger partial charge in [-0.2, -0.15) is 0 Å². The van der Waals surface area contributed by atoms with Crippen molar-refractivity contribution in [2.45, 2.75) is 25.7 Å². The SMILES string of the molecule is C=C/C=C(\C=C)n1c2c(c3c4sc5ccccc5c4ccc31)CCCC2. The Bertz CT molecular complexity index is 1220. The molecule has 0 atom stereocenters. The Morgan fingerprint density at radius 2 is 1.85 bits per heavy atom. The van der Waals surface area contributed by atoms with Gasteiger partial charge in [0.2, 0.25) is 0 Å². The molecular weight excluding hydrogens is 334 g/mol. The van der Waals surface area contributed by atoms with E-state index in [9.17, 15) is 0 Å². The second kappa shape index (κ2) is 6.00. The van der Waals surface area contributed by atoms with E-state index in [2.05, 4.69) is 60.2 Å². The first-order valence-corrected chi connectivity index (χ1v) is 10.1. The molecule has 2 heterocycles. The van der Waals surface area contributed by atoms with Crippen LogP contribution < -0.4 is 0 Å². The van der Waals surface area contributed by atoms with Crippen molar-refractivity contribution in [3.05, 3.63) is 79.0 Å². The third-order valence-electron chi connectivity index (χ3n) is 5.53. The summed E-state index contributed by atoms with van der Waals surface area (Å²) < 4.78 is 5.23. The quantitative estimate of drug-likeness (QED) is 0.345. The van der Waals surface area contributed by atoms with Crippen LogP contribution in [0.2, 0.25) is 0 Å². The van der Waals surface area contributed by atoms with Gasteiger partial charge < -0.3 is 4.57 Å². The van der Waals surface area contributed by atoms with E-state index in [1.165, 1.54) is 56.0 Å². The maximum Gasteiger partial charge on any atom is 0.0548 e. The fourth-order valence-electron chi connectivity index (χ4n) is 4.46. The van der Waals surface area contributed by atoms with Crippen LogP contribution in [0.1, 0.15) is 24.1 Å². The molecule has 0 bridgehead atoms. The number of hydrogen-bond acceptors (Lipinski definition) is 1. The number of rotatable bonds is 3. The van der Waals surface area contributed by atoms with Crippen LogP contribution in [0.15, 0.2) is 67.8 Å². The van der Waals surface area contributed by atoms with E-state index in [-0.39, 0.29) is 0 Å². The Hall–Kier alpha value is -2.58. The van der Waals surface area contributed by atoms with Gasteiger partial charge in [0, 0.05) is 36.9 Å². The second-order valence-corrected chi connectivity index (χ2v) is 7.99. The third kappa shape index (κ3) is 2.09. The Labute approximate surface area is 157 Å². The Kier molecular flexibility index (Phi) is 3.61. The molecule has 1 aliphatic carbocycles. The van der Waals surface area contributed by atoms with E-state index in [1.807, 2.05) is 23.5 Å². The van der Waals surface area contributed by atoms with Gasteiger partial charge in [-0.15, -0.1) is 11.3 Å². The summed E-state index contributed by atoms with van der Waals surface area (Å²) in [6, 6.07) is 13.4. The summed E-state index contributed by atoms with van der Waals surface area (Å²) >= 11 is 1.93. The van der Waals surface area contributed by atoms with Crippen molar-refractivity contribution in [1.82, 2.24) is 4.57 Å². The first-order chi connectivity index (χ1) is 12.8. The fraction of sp³-hybridized carbons (Fsp3) is 0.167. The lowest BCUT2D eigenvalue weighted by Crippen LogP contribution is -2.07. The van der Waals surface area contributed by atoms with E-state index in [1.54, 1.807) is 5.56 Å². The third-order valence-corrected chi connectivity index (χ3v) is 6.74. The molecule has 2 heteroatoms. The normalized spacial score (nSPS) is 14.8. The summed E-state index contributed by atoms with van der Waals surface area (Å²) in [5, 5.41) is 4.21. The maximum atomic E-state index is 4.05. The first kappa shape index (κ1) is 15.7. The van der Waals surface area contributed by atoms with Gasteiger partial charge in [0.25, 0.3) is 0 Å². The highest BCUT2D eigenvalue weighted by atomic mass is 32.1. The summed E-state index contributed by atoms with van der Waals surface area (Å²) in [7, 11) is 0. The van der Waals surface area contributed by atoms with E-state index >= 15 is 0 Å². The molecular formula is C24H21NS. The highest BCUT2D eigenvalue weighted by molar-refractivity contribution is 7.26. The van der Waals surface area contributed by atoms with Gasteiger partial charge in [0.05, 0.1) is 5.52 Å². The zero-order valence-electron chi connectivity index (χ0n) is 14.8. The van der Waals surface area contributed by atoms with Crippen molar-refractivity contribution in [2.75, 3.05) is 0 Å². The van der Waals surface area contributed by atoms with Gasteiger partial charge in [-0.05, 0) is 55.5 Å². The molecule has 4 aromatic rings. The van der Waals surface area contributed by atoms with Crippen molar-refractivity contribution < 1.29 is 0 Å². The van der Waals surface area contributed by atoms with Gasteiger partial charge in [0.15, 0.2) is 0 Å². The summed E-state index contributed by atoms with van der Waals surface area (Å²) in [5.74, 6) is 0. The molecule has 5 rings (SSSR count). The number of fused-ring (bicyclic) bond motifs is 7. The number of aryl methyl sites for hydroxylation is 1. The number of aromatic nitrogens is 1. The minimum atomic E-state index is 1.12. The molecule has 1 aliphatic rings. The molecule has 1 nitrogen and oxygen atoms in total. The topological polar surface area (TPSA) is 4.93 Å². The summed E-state index contributed by atoms with van der Waals surface area (Å²) in [4.78, 5) is 0. The fourth-order valence-corrected chi connectivity index (χ4v) is 5.73. The van der Waals surface area contributed by atoms with E-state index in [0.717, 1.165) is 12.1 Å². The Morgan fingerprint density at radius 3 is 2.69 bits per heavy atom. The molecule has 0 radical (unpaired) electrons. The maximum absolute atomic E-state index is 4.05. The second-order valence-electron chi connectivity index (χ2n) is 6.93. The predicted octanol–water partition coefficient (Wildman–Crippen LogP) is 7.10. The lowest BCUT2D eigenvalue weighted by molar-refractivity contribution is 0.669. The van der Waals surface area contributed by atoms with Crippen LogP contribution in [0.4, 0.5) is 0 Å². The van der Waals surface area contributed by atoms with Gasteiger partial charge >= 0.3 is 0 Å². The smallest absolute Gasteiger partial charge is 0.0548 e. The molecule has 0 saturated carbocycles. The monoisotopic (exact) mass is 355 g/mol. The van der Waals surface area contributed by atoms with E-state index < -0.39 is 0 Å². The van der Waals surface area contributed by atoms with Crippen molar-refractivity contribution in [2.24, 2.45) is 0 Å². The highest BCUT2D eigenvalue weighted by Gasteiger charge is 2.23. The van der Waals surface area contributed by atoms with Gasteiger partial charge in [-0.3, -0.25) is 0 Å². The van der Waals surface area contributed by atoms with Crippen LogP contribution in [0.5, 0.6) is 0 Å². The summed E-state index contributed by atoms with van der Waals surface area (Å²) in [5.41, 5.74) is 5.43. The highest BCUT2D eigenvalue weighted by Crippen LogP contribution is 2.43. The van der Waals surface area contributed by atoms with Crippen LogP contribution in [0.25, 0.3) is 36.8 Å². The molecule has 2 aromatic heterocycles. The molecule has 0 saturated heterocycles. The molecule has 0 fully saturated rings. The number of thiophene rings is 1. The van der Waals surface area contributed by atoms with Crippen molar-refractivity contribution >= 4 is 48.1 Å². The van der Waals surface area contributed by atoms with Gasteiger partial charge in [-0.25, -0.2) is 0 Å². The summed E-state index contributed by atoms with van der Waals surface area (Å²) in [6.07, 6.45) is 10.7. The van der Waals surface area contributed by atoms with E-state index in [0.29, 0.717) is 0 Å². The van der Waals surface area contributed by atoms with Gasteiger partial charge in [0.1, 0.15) is 0 Å².